The Balaban J connectivity index is 1.93. The van der Waals surface area contributed by atoms with Crippen LogP contribution >= 0.6 is 0 Å². The Bertz CT molecular complexity index is 1230. The van der Waals surface area contributed by atoms with E-state index in [0.29, 0.717) is 16.9 Å². The number of nitrogens with one attached hydrogen (secondary N) is 1. The lowest BCUT2D eigenvalue weighted by molar-refractivity contribution is 0.474. The van der Waals surface area contributed by atoms with Crippen molar-refractivity contribution >= 4 is 10.8 Å². The number of hydrogen-bond donors (Lipinski definition) is 1. The van der Waals surface area contributed by atoms with E-state index in [-0.39, 0.29) is 11.4 Å². The summed E-state index contributed by atoms with van der Waals surface area (Å²) >= 11 is 0. The summed E-state index contributed by atoms with van der Waals surface area (Å²) in [4.78, 5) is 15.0. The number of benzene rings is 3. The zero-order valence-electron chi connectivity index (χ0n) is 16.0. The SMILES string of the molecule is Cc1ccc(Oc2c(C)cc(F)cc2C)c(-c2c[nH]c(=O)c3ccccc23)c1. The van der Waals surface area contributed by atoms with Gasteiger partial charge in [0.25, 0.3) is 5.56 Å². The average molecular weight is 373 g/mol. The molecule has 0 radical (unpaired) electrons. The molecule has 140 valence electrons. The highest BCUT2D eigenvalue weighted by Crippen LogP contribution is 2.38. The second-order valence-corrected chi connectivity index (χ2v) is 7.05. The molecule has 0 saturated heterocycles. The van der Waals surface area contributed by atoms with Crippen molar-refractivity contribution in [1.82, 2.24) is 4.98 Å². The van der Waals surface area contributed by atoms with Crippen molar-refractivity contribution in [1.29, 1.82) is 0 Å². The topological polar surface area (TPSA) is 42.1 Å². The molecule has 0 aliphatic heterocycles. The normalized spacial score (nSPS) is 11.0. The quantitative estimate of drug-likeness (QED) is 0.475. The molecular formula is C24H20FNO2. The van der Waals surface area contributed by atoms with Crippen LogP contribution in [0.4, 0.5) is 4.39 Å². The van der Waals surface area contributed by atoms with E-state index in [1.165, 1.54) is 12.1 Å². The van der Waals surface area contributed by atoms with Gasteiger partial charge in [0.15, 0.2) is 0 Å². The highest BCUT2D eigenvalue weighted by atomic mass is 19.1. The summed E-state index contributed by atoms with van der Waals surface area (Å²) in [6.45, 7) is 5.67. The van der Waals surface area contributed by atoms with Crippen LogP contribution in [0.25, 0.3) is 21.9 Å². The molecule has 0 atom stereocenters. The minimum atomic E-state index is -0.280. The Morgan fingerprint density at radius 3 is 2.25 bits per heavy atom. The smallest absolute Gasteiger partial charge is 0.255 e. The first-order valence-corrected chi connectivity index (χ1v) is 9.10. The van der Waals surface area contributed by atoms with Gasteiger partial charge in [-0.2, -0.15) is 0 Å². The van der Waals surface area contributed by atoms with E-state index in [1.54, 1.807) is 6.20 Å². The molecule has 3 nitrogen and oxygen atoms in total. The number of hydrogen-bond acceptors (Lipinski definition) is 2. The molecule has 3 aromatic carbocycles. The van der Waals surface area contributed by atoms with E-state index in [2.05, 4.69) is 4.98 Å². The number of ether oxygens (including phenoxy) is 1. The lowest BCUT2D eigenvalue weighted by Crippen LogP contribution is -2.06. The summed E-state index contributed by atoms with van der Waals surface area (Å²) in [5.74, 6) is 1.01. The first-order valence-electron chi connectivity index (χ1n) is 9.10. The van der Waals surface area contributed by atoms with E-state index < -0.39 is 0 Å². The maximum absolute atomic E-state index is 13.7. The second-order valence-electron chi connectivity index (χ2n) is 7.05. The molecular weight excluding hydrogens is 353 g/mol. The molecule has 0 aliphatic rings. The van der Waals surface area contributed by atoms with Gasteiger partial charge in [0.2, 0.25) is 0 Å². The molecule has 0 amide bonds. The number of pyridine rings is 1. The van der Waals surface area contributed by atoms with Crippen molar-refractivity contribution in [3.63, 3.8) is 0 Å². The van der Waals surface area contributed by atoms with E-state index >= 15 is 0 Å². The molecule has 0 unspecified atom stereocenters. The number of H-pyrrole nitrogens is 1. The monoisotopic (exact) mass is 373 g/mol. The van der Waals surface area contributed by atoms with Gasteiger partial charge in [-0.05, 0) is 67.6 Å². The second kappa shape index (κ2) is 6.97. The molecule has 4 aromatic rings. The fraction of sp³-hybridized carbons (Fsp3) is 0.125. The van der Waals surface area contributed by atoms with E-state index in [4.69, 9.17) is 4.74 Å². The van der Waals surface area contributed by atoms with Crippen molar-refractivity contribution in [2.24, 2.45) is 0 Å². The molecule has 0 aliphatic carbocycles. The lowest BCUT2D eigenvalue weighted by atomic mass is 9.98. The maximum atomic E-state index is 13.7. The lowest BCUT2D eigenvalue weighted by Gasteiger charge is -2.17. The van der Waals surface area contributed by atoms with Gasteiger partial charge < -0.3 is 9.72 Å². The zero-order chi connectivity index (χ0) is 19.8. The van der Waals surface area contributed by atoms with Crippen molar-refractivity contribution < 1.29 is 9.13 Å². The third-order valence-corrected chi connectivity index (χ3v) is 4.87. The van der Waals surface area contributed by atoms with Crippen LogP contribution in [0.1, 0.15) is 16.7 Å². The molecule has 0 bridgehead atoms. The van der Waals surface area contributed by atoms with Crippen LogP contribution in [0.2, 0.25) is 0 Å². The Kier molecular flexibility index (Phi) is 4.47. The van der Waals surface area contributed by atoms with Gasteiger partial charge >= 0.3 is 0 Å². The van der Waals surface area contributed by atoms with Crippen LogP contribution in [0.15, 0.2) is 65.6 Å². The number of aromatic nitrogens is 1. The standard InChI is InChI=1S/C24H20FNO2/c1-14-8-9-22(28-23-15(2)11-17(25)12-16(23)3)20(10-14)21-13-26-24(27)19-7-5-4-6-18(19)21/h4-13H,1-3H3,(H,26,27). The van der Waals surface area contributed by atoms with Gasteiger partial charge in [-0.15, -0.1) is 0 Å². The number of aryl methyl sites for hydroxylation is 3. The van der Waals surface area contributed by atoms with Gasteiger partial charge in [0.05, 0.1) is 0 Å². The van der Waals surface area contributed by atoms with Crippen molar-refractivity contribution in [2.45, 2.75) is 20.8 Å². The van der Waals surface area contributed by atoms with Crippen molar-refractivity contribution in [3.8, 4) is 22.6 Å². The predicted octanol–water partition coefficient (Wildman–Crippen LogP) is 6.05. The predicted molar refractivity (Wildman–Crippen MR) is 111 cm³/mol. The molecule has 1 heterocycles. The zero-order valence-corrected chi connectivity index (χ0v) is 16.0. The van der Waals surface area contributed by atoms with E-state index in [9.17, 15) is 9.18 Å². The van der Waals surface area contributed by atoms with E-state index in [1.807, 2.05) is 63.2 Å². The number of halogens is 1. The Hall–Kier alpha value is -3.40. The highest BCUT2D eigenvalue weighted by molar-refractivity contribution is 5.97. The summed E-state index contributed by atoms with van der Waals surface area (Å²) in [7, 11) is 0. The van der Waals surface area contributed by atoms with Crippen LogP contribution in [0, 0.1) is 26.6 Å². The highest BCUT2D eigenvalue weighted by Gasteiger charge is 2.15. The summed E-state index contributed by atoms with van der Waals surface area (Å²) in [5.41, 5.74) is 4.16. The van der Waals surface area contributed by atoms with Gasteiger partial charge in [-0.1, -0.05) is 29.8 Å². The summed E-state index contributed by atoms with van der Waals surface area (Å²) < 4.78 is 19.9. The maximum Gasteiger partial charge on any atom is 0.255 e. The van der Waals surface area contributed by atoms with Gasteiger partial charge in [-0.25, -0.2) is 4.39 Å². The Morgan fingerprint density at radius 1 is 0.857 bits per heavy atom. The molecule has 4 heteroatoms. The Labute approximate surface area is 162 Å². The number of rotatable bonds is 3. The Morgan fingerprint density at radius 2 is 1.54 bits per heavy atom. The molecule has 0 spiro atoms. The third kappa shape index (κ3) is 3.18. The van der Waals surface area contributed by atoms with Crippen LogP contribution in [0.3, 0.4) is 0 Å². The van der Waals surface area contributed by atoms with Gasteiger partial charge in [0.1, 0.15) is 17.3 Å². The molecule has 0 fully saturated rings. The average Bonchev–Trinajstić information content (AvgIpc) is 2.66. The van der Waals surface area contributed by atoms with Crippen LogP contribution in [0.5, 0.6) is 11.5 Å². The first kappa shape index (κ1) is 18.0. The number of aromatic amines is 1. The molecule has 28 heavy (non-hydrogen) atoms. The van der Waals surface area contributed by atoms with Crippen LogP contribution in [-0.4, -0.2) is 4.98 Å². The van der Waals surface area contributed by atoms with Crippen LogP contribution < -0.4 is 10.3 Å². The largest absolute Gasteiger partial charge is 0.456 e. The molecule has 0 saturated carbocycles. The molecule has 4 rings (SSSR count). The minimum absolute atomic E-state index is 0.125. The number of fused-ring (bicyclic) bond motifs is 1. The van der Waals surface area contributed by atoms with Gasteiger partial charge in [-0.3, -0.25) is 4.79 Å². The molecule has 1 N–H and O–H groups in total. The summed E-state index contributed by atoms with van der Waals surface area (Å²) in [6, 6.07) is 16.3. The van der Waals surface area contributed by atoms with Crippen molar-refractivity contribution in [3.05, 3.63) is 93.7 Å². The fourth-order valence-corrected chi connectivity index (χ4v) is 3.54. The fourth-order valence-electron chi connectivity index (χ4n) is 3.54. The molecule has 1 aromatic heterocycles. The third-order valence-electron chi connectivity index (χ3n) is 4.87. The summed E-state index contributed by atoms with van der Waals surface area (Å²) in [6.07, 6.45) is 1.72. The summed E-state index contributed by atoms with van der Waals surface area (Å²) in [5, 5.41) is 1.48. The minimum Gasteiger partial charge on any atom is -0.456 e. The van der Waals surface area contributed by atoms with Crippen molar-refractivity contribution in [2.75, 3.05) is 0 Å². The first-order chi connectivity index (χ1) is 13.4. The van der Waals surface area contributed by atoms with Crippen LogP contribution in [-0.2, 0) is 0 Å². The van der Waals surface area contributed by atoms with E-state index in [0.717, 1.165) is 33.2 Å². The van der Waals surface area contributed by atoms with Gasteiger partial charge in [0, 0.05) is 22.7 Å².